The largest absolute Gasteiger partial charge is 0.480 e. The normalized spacial score (nSPS) is 22.7. The Kier molecular flexibility index (Phi) is 17.8. The summed E-state index contributed by atoms with van der Waals surface area (Å²) in [6.45, 7) is 0. The lowest BCUT2D eigenvalue weighted by atomic mass is 9.98. The van der Waals surface area contributed by atoms with E-state index in [1.807, 2.05) is 84.3 Å². The summed E-state index contributed by atoms with van der Waals surface area (Å²) in [5.41, 5.74) is 4.43. The number of hydrogen-bond donors (Lipinski definition) is 9. The molecule has 8 rings (SSSR count). The number of rotatable bonds is 13. The van der Waals surface area contributed by atoms with Crippen LogP contribution in [0.5, 0.6) is 0 Å². The second-order valence-corrected chi connectivity index (χ2v) is 18.6. The number of nitrogens with zero attached hydrogens (tertiary/aromatic N) is 1. The van der Waals surface area contributed by atoms with E-state index in [0.717, 1.165) is 16.7 Å². The van der Waals surface area contributed by atoms with Crippen LogP contribution in [0, 0.1) is 0 Å². The molecule has 0 saturated carbocycles. The summed E-state index contributed by atoms with van der Waals surface area (Å²) in [6.07, 6.45) is 0.803. The number of aromatic nitrogens is 1. The van der Waals surface area contributed by atoms with E-state index < -0.39 is 83.8 Å². The molecular formula is C53H55N7O10S. The van der Waals surface area contributed by atoms with Gasteiger partial charge in [0.2, 0.25) is 23.6 Å². The van der Waals surface area contributed by atoms with Gasteiger partial charge in [-0.2, -0.15) is 0 Å². The first-order valence-electron chi connectivity index (χ1n) is 23.2. The van der Waals surface area contributed by atoms with Crippen LogP contribution in [0.1, 0.15) is 41.5 Å². The number of hydrogen-bond acceptors (Lipinski definition) is 11. The van der Waals surface area contributed by atoms with Crippen molar-refractivity contribution >= 4 is 58.9 Å². The summed E-state index contributed by atoms with van der Waals surface area (Å²) in [6, 6.07) is 28.5. The smallest absolute Gasteiger partial charge is 0.326 e. The van der Waals surface area contributed by atoms with Gasteiger partial charge in [-0.1, -0.05) is 109 Å². The molecule has 8 atom stereocenters. The second kappa shape index (κ2) is 24.7. The Balaban J connectivity index is 1.25. The van der Waals surface area contributed by atoms with Crippen molar-refractivity contribution in [3.05, 3.63) is 167 Å². The van der Waals surface area contributed by atoms with Crippen molar-refractivity contribution in [2.75, 3.05) is 5.32 Å². The fourth-order valence-electron chi connectivity index (χ4n) is 8.18. The third-order valence-corrected chi connectivity index (χ3v) is 13.3. The van der Waals surface area contributed by atoms with Crippen LogP contribution in [0.25, 0.3) is 11.1 Å². The lowest BCUT2D eigenvalue weighted by molar-refractivity contribution is -0.145. The zero-order chi connectivity index (χ0) is 50.3. The molecule has 0 radical (unpaired) electrons. The van der Waals surface area contributed by atoms with E-state index in [-0.39, 0.29) is 43.0 Å². The molecule has 17 nitrogen and oxygen atoms in total. The molecular weight excluding hydrogens is 927 g/mol. The number of aliphatic hydroxyl groups excluding tert-OH is 2. The second-order valence-electron chi connectivity index (χ2n) is 17.4. The van der Waals surface area contributed by atoms with Crippen molar-refractivity contribution < 1.29 is 48.9 Å². The van der Waals surface area contributed by atoms with Crippen molar-refractivity contribution in [2.45, 2.75) is 92.6 Å². The molecule has 0 saturated heterocycles. The number of carboxylic acid groups (broad SMARTS) is 1. The average molecular weight is 982 g/mol. The Bertz CT molecular complexity index is 2670. The topological polar surface area (TPSA) is 265 Å². The molecule has 1 aromatic heterocycles. The van der Waals surface area contributed by atoms with Crippen molar-refractivity contribution in [2.24, 2.45) is 0 Å². The number of anilines is 1. The fourth-order valence-corrected chi connectivity index (χ4v) is 9.15. The summed E-state index contributed by atoms with van der Waals surface area (Å²) in [4.78, 5) is 102. The van der Waals surface area contributed by atoms with Crippen LogP contribution in [0.2, 0.25) is 0 Å². The molecule has 4 heterocycles. The zero-order valence-electron chi connectivity index (χ0n) is 38.5. The molecule has 18 heteroatoms. The fraction of sp³-hybridized carbons (Fsp3) is 0.283. The Morgan fingerprint density at radius 3 is 1.94 bits per heavy atom. The van der Waals surface area contributed by atoms with Gasteiger partial charge in [0, 0.05) is 42.6 Å². The Hall–Kier alpha value is -7.67. The minimum atomic E-state index is -2.32. The highest BCUT2D eigenvalue weighted by molar-refractivity contribution is 8.03. The van der Waals surface area contributed by atoms with Gasteiger partial charge in [-0.3, -0.25) is 33.8 Å². The standard InChI is InChI=1S/C53H55N7O10S/c61-45-46(62)52(68)59-43(30-39-14-8-26-71-39)50(66)58-41(27-33-15-20-37(21-16-33)36-12-5-2-6-13-36)48(64)56-40(24-19-32-9-3-1-4-10-32)47(63)57-42(28-34-17-22-38(23-18-34)55-51(45)67)49(65)60-44(53(69)70)29-35-11-7-25-54-31-35/h1-13,15-18,20-23,25-26,31,39-46,61-62H,14,19,24,27-30H2,(H,55,67)(H,56,64)(H,57,63)(H,58,66)(H,59,68)(H,60,65)(H,69,70)/t39?,40-,41+,42+,43-,44+,45-,46-/m1/s1. The maximum Gasteiger partial charge on any atom is 0.326 e. The Labute approximate surface area is 414 Å². The maximum atomic E-state index is 14.8. The van der Waals surface area contributed by atoms with E-state index in [4.69, 9.17) is 0 Å². The molecule has 2 bridgehead atoms. The number of carbonyl (C=O) groups excluding carboxylic acids is 6. The summed E-state index contributed by atoms with van der Waals surface area (Å²) < 4.78 is 0. The van der Waals surface area contributed by atoms with Crippen molar-refractivity contribution in [1.29, 1.82) is 0 Å². The Morgan fingerprint density at radius 2 is 1.28 bits per heavy atom. The average Bonchev–Trinajstić information content (AvgIpc) is 3.90. The molecule has 4 aromatic carbocycles. The number of carbonyl (C=O) groups is 7. The van der Waals surface area contributed by atoms with Crippen LogP contribution in [-0.4, -0.2) is 109 Å². The summed E-state index contributed by atoms with van der Waals surface area (Å²) >= 11 is 1.42. The number of thioether (sulfide) groups is 1. The maximum absolute atomic E-state index is 14.8. The van der Waals surface area contributed by atoms with Gasteiger partial charge in [0.1, 0.15) is 30.2 Å². The van der Waals surface area contributed by atoms with Gasteiger partial charge < -0.3 is 47.2 Å². The third kappa shape index (κ3) is 14.7. The highest BCUT2D eigenvalue weighted by Crippen LogP contribution is 2.28. The zero-order valence-corrected chi connectivity index (χ0v) is 39.3. The number of nitrogens with one attached hydrogen (secondary N) is 6. The van der Waals surface area contributed by atoms with Crippen LogP contribution in [0.3, 0.4) is 0 Å². The van der Waals surface area contributed by atoms with Crippen LogP contribution in [-0.2, 0) is 59.2 Å². The predicted molar refractivity (Wildman–Crippen MR) is 266 cm³/mol. The van der Waals surface area contributed by atoms with Crippen molar-refractivity contribution in [1.82, 2.24) is 31.6 Å². The van der Waals surface area contributed by atoms with E-state index in [2.05, 4.69) is 36.9 Å². The number of allylic oxidation sites excluding steroid dienone is 1. The third-order valence-electron chi connectivity index (χ3n) is 12.1. The first-order chi connectivity index (χ1) is 34.3. The molecule has 5 aromatic rings. The summed E-state index contributed by atoms with van der Waals surface area (Å²) in [5, 5.41) is 49.6. The van der Waals surface area contributed by atoms with Gasteiger partial charge >= 0.3 is 5.97 Å². The molecule has 1 unspecified atom stereocenters. The molecule has 3 aliphatic heterocycles. The number of aliphatic carboxylic acids is 1. The van der Waals surface area contributed by atoms with Crippen LogP contribution < -0.4 is 31.9 Å². The molecule has 0 aliphatic carbocycles. The van der Waals surface area contributed by atoms with E-state index >= 15 is 0 Å². The minimum absolute atomic E-state index is 0.0281. The minimum Gasteiger partial charge on any atom is -0.480 e. The molecule has 71 heavy (non-hydrogen) atoms. The van der Waals surface area contributed by atoms with Gasteiger partial charge in [0.15, 0.2) is 12.2 Å². The molecule has 0 fully saturated rings. The number of fused-ring (bicyclic) bond motifs is 18. The number of pyridine rings is 1. The van der Waals surface area contributed by atoms with Gasteiger partial charge in [-0.15, -0.1) is 11.8 Å². The molecule has 9 N–H and O–H groups in total. The SMILES string of the molecule is O=C(O)[C@H](Cc1cccnc1)NC(=O)[C@@H]1Cc2ccc(cc2)NC(=O)[C@H](O)[C@@H](O)C(=O)N[C@H](CC2CC=CS2)C(=O)N[C@@H](Cc2ccc(-c3ccccc3)cc2)C(=O)N[C@H](CCc2ccccc2)C(=O)N1. The van der Waals surface area contributed by atoms with Gasteiger partial charge in [-0.25, -0.2) is 4.79 Å². The lowest BCUT2D eigenvalue weighted by Gasteiger charge is -2.28. The van der Waals surface area contributed by atoms with Crippen molar-refractivity contribution in [3.63, 3.8) is 0 Å². The number of amides is 6. The first-order valence-corrected chi connectivity index (χ1v) is 24.1. The monoisotopic (exact) mass is 981 g/mol. The number of aryl methyl sites for hydroxylation is 1. The highest BCUT2D eigenvalue weighted by Gasteiger charge is 2.37. The summed E-state index contributed by atoms with van der Waals surface area (Å²) in [5.74, 6) is -6.91. The quantitative estimate of drug-likeness (QED) is 0.0772. The van der Waals surface area contributed by atoms with Crippen LogP contribution in [0.4, 0.5) is 5.69 Å². The van der Waals surface area contributed by atoms with Gasteiger partial charge in [-0.05, 0) is 82.7 Å². The van der Waals surface area contributed by atoms with Crippen LogP contribution in [0.15, 0.2) is 145 Å². The molecule has 3 aliphatic rings. The molecule has 6 amide bonds. The molecule has 0 spiro atoms. The van der Waals surface area contributed by atoms with Crippen molar-refractivity contribution in [3.8, 4) is 11.1 Å². The van der Waals surface area contributed by atoms with Gasteiger partial charge in [0.25, 0.3) is 11.8 Å². The van der Waals surface area contributed by atoms with Gasteiger partial charge in [0.05, 0.1) is 0 Å². The Morgan fingerprint density at radius 1 is 0.662 bits per heavy atom. The highest BCUT2D eigenvalue weighted by atomic mass is 32.2. The van der Waals surface area contributed by atoms with E-state index in [1.54, 1.807) is 24.3 Å². The van der Waals surface area contributed by atoms with E-state index in [1.165, 1.54) is 48.4 Å². The predicted octanol–water partition coefficient (Wildman–Crippen LogP) is 3.00. The van der Waals surface area contributed by atoms with Crippen LogP contribution >= 0.6 is 11.8 Å². The number of carboxylic acids is 1. The molecule has 368 valence electrons. The lowest BCUT2D eigenvalue weighted by Crippen LogP contribution is -2.60. The van der Waals surface area contributed by atoms with E-state index in [0.29, 0.717) is 29.5 Å². The number of aliphatic hydroxyl groups is 2. The number of benzene rings is 4. The van der Waals surface area contributed by atoms with E-state index in [9.17, 15) is 48.9 Å². The summed E-state index contributed by atoms with van der Waals surface area (Å²) in [7, 11) is 0. The first kappa shape index (κ1) is 51.2.